The first-order chi connectivity index (χ1) is 10.9. The number of anilines is 1. The normalized spacial score (nSPS) is 11.9. The number of ether oxygens (including phenoxy) is 1. The van der Waals surface area contributed by atoms with E-state index in [9.17, 15) is 19.7 Å². The molecule has 0 saturated heterocycles. The highest BCUT2D eigenvalue weighted by molar-refractivity contribution is 5.71. The molecule has 0 saturated carbocycles. The summed E-state index contributed by atoms with van der Waals surface area (Å²) >= 11 is 0. The molecule has 2 aromatic rings. The van der Waals surface area contributed by atoms with Crippen LogP contribution in [0.4, 0.5) is 11.5 Å². The number of pyridine rings is 1. The quantitative estimate of drug-likeness (QED) is 0.485. The lowest BCUT2D eigenvalue weighted by atomic mass is 10.2. The van der Waals surface area contributed by atoms with Crippen molar-refractivity contribution in [2.75, 3.05) is 11.9 Å². The summed E-state index contributed by atoms with van der Waals surface area (Å²) < 4.78 is 5.92. The average Bonchev–Trinajstić information content (AvgIpc) is 2.47. The first-order valence-electron chi connectivity index (χ1n) is 7.02. The Balaban J connectivity index is 2.39. The van der Waals surface area contributed by atoms with Crippen molar-refractivity contribution in [2.45, 2.75) is 26.3 Å². The molecule has 9 nitrogen and oxygen atoms in total. The summed E-state index contributed by atoms with van der Waals surface area (Å²) in [4.78, 5) is 38.2. The third-order valence-electron chi connectivity index (χ3n) is 3.05. The summed E-state index contributed by atoms with van der Waals surface area (Å²) in [5, 5.41) is 14.0. The molecule has 0 aromatic carbocycles. The molecule has 0 bridgehead atoms. The molecule has 2 heterocycles. The van der Waals surface area contributed by atoms with Crippen molar-refractivity contribution in [2.24, 2.45) is 0 Å². The highest BCUT2D eigenvalue weighted by atomic mass is 16.6. The number of nitrogens with one attached hydrogen (secondary N) is 1. The van der Waals surface area contributed by atoms with Crippen molar-refractivity contribution in [1.29, 1.82) is 0 Å². The van der Waals surface area contributed by atoms with Gasteiger partial charge in [-0.3, -0.25) is 24.1 Å². The van der Waals surface area contributed by atoms with Gasteiger partial charge in [0, 0.05) is 12.2 Å². The third-order valence-corrected chi connectivity index (χ3v) is 3.05. The van der Waals surface area contributed by atoms with Gasteiger partial charge in [-0.2, -0.15) is 0 Å². The topological polar surface area (TPSA) is 116 Å². The summed E-state index contributed by atoms with van der Waals surface area (Å²) in [6.07, 6.45) is 1.41. The van der Waals surface area contributed by atoms with Crippen molar-refractivity contribution < 1.29 is 14.5 Å². The highest BCUT2D eigenvalue weighted by Gasteiger charge is 2.25. The molecule has 0 radical (unpaired) electrons. The molecular weight excluding hydrogens is 304 g/mol. The first kappa shape index (κ1) is 16.4. The lowest BCUT2D eigenvalue weighted by Gasteiger charge is -2.14. The molecule has 1 atom stereocenters. The minimum absolute atomic E-state index is 0.000828. The maximum Gasteiger partial charge on any atom is 0.376 e. The molecule has 9 heteroatoms. The second kappa shape index (κ2) is 6.86. The molecule has 0 aliphatic heterocycles. The molecule has 2 aromatic heterocycles. The van der Waals surface area contributed by atoms with Gasteiger partial charge in [0.15, 0.2) is 0 Å². The van der Waals surface area contributed by atoms with Gasteiger partial charge in [0.05, 0.1) is 18.0 Å². The molecule has 1 N–H and O–H groups in total. The zero-order valence-corrected chi connectivity index (χ0v) is 12.7. The van der Waals surface area contributed by atoms with Crippen LogP contribution in [-0.4, -0.2) is 32.9 Å². The van der Waals surface area contributed by atoms with Crippen LogP contribution >= 0.6 is 0 Å². The average molecular weight is 320 g/mol. The van der Waals surface area contributed by atoms with Gasteiger partial charge >= 0.3 is 17.2 Å². The minimum atomic E-state index is -0.786. The largest absolute Gasteiger partial charge is 0.466 e. The SMILES string of the molecule is CCOC(=O)CC(C)Nc1nc2ccccn2c(=O)c1[N+](=O)[O-]. The van der Waals surface area contributed by atoms with E-state index in [0.717, 1.165) is 4.40 Å². The Labute approximate surface area is 131 Å². The number of aromatic nitrogens is 2. The van der Waals surface area contributed by atoms with Crippen LogP contribution < -0.4 is 10.9 Å². The Kier molecular flexibility index (Phi) is 4.89. The molecule has 0 fully saturated rings. The summed E-state index contributed by atoms with van der Waals surface area (Å²) in [5.41, 5.74) is -1.18. The predicted molar refractivity (Wildman–Crippen MR) is 82.5 cm³/mol. The summed E-state index contributed by atoms with van der Waals surface area (Å²) in [7, 11) is 0. The van der Waals surface area contributed by atoms with Crippen molar-refractivity contribution in [3.05, 3.63) is 44.9 Å². The number of carbonyl (C=O) groups is 1. The molecule has 122 valence electrons. The van der Waals surface area contributed by atoms with Crippen molar-refractivity contribution in [3.63, 3.8) is 0 Å². The Morgan fingerprint density at radius 3 is 2.91 bits per heavy atom. The zero-order chi connectivity index (χ0) is 17.0. The molecule has 1 unspecified atom stereocenters. The van der Waals surface area contributed by atoms with E-state index in [0.29, 0.717) is 0 Å². The molecule has 23 heavy (non-hydrogen) atoms. The van der Waals surface area contributed by atoms with Crippen LogP contribution in [0, 0.1) is 10.1 Å². The van der Waals surface area contributed by atoms with Crippen LogP contribution in [0.2, 0.25) is 0 Å². The van der Waals surface area contributed by atoms with E-state index in [-0.39, 0.29) is 24.5 Å². The highest BCUT2D eigenvalue weighted by Crippen LogP contribution is 2.19. The Morgan fingerprint density at radius 2 is 2.26 bits per heavy atom. The van der Waals surface area contributed by atoms with Crippen molar-refractivity contribution in [1.82, 2.24) is 9.38 Å². The summed E-state index contributed by atoms with van der Waals surface area (Å²) in [6.45, 7) is 3.59. The van der Waals surface area contributed by atoms with Crippen LogP contribution in [0.15, 0.2) is 29.2 Å². The van der Waals surface area contributed by atoms with E-state index in [1.54, 1.807) is 32.0 Å². The number of nitrogens with zero attached hydrogens (tertiary/aromatic N) is 3. The predicted octanol–water partition coefficient (Wildman–Crippen LogP) is 1.36. The Bertz CT molecular complexity index is 801. The van der Waals surface area contributed by atoms with Gasteiger partial charge in [0.1, 0.15) is 5.65 Å². The molecule has 0 amide bonds. The summed E-state index contributed by atoms with van der Waals surface area (Å²) in [6, 6.07) is 4.33. The maximum absolute atomic E-state index is 12.2. The third kappa shape index (κ3) is 3.62. The van der Waals surface area contributed by atoms with Crippen LogP contribution in [0.25, 0.3) is 5.65 Å². The van der Waals surface area contributed by atoms with E-state index in [1.807, 2.05) is 0 Å². The molecule has 2 rings (SSSR count). The van der Waals surface area contributed by atoms with Gasteiger partial charge in [-0.15, -0.1) is 0 Å². The number of nitro groups is 1. The fourth-order valence-corrected chi connectivity index (χ4v) is 2.10. The number of esters is 1. The minimum Gasteiger partial charge on any atom is -0.466 e. The zero-order valence-electron chi connectivity index (χ0n) is 12.7. The van der Waals surface area contributed by atoms with Crippen LogP contribution in [0.5, 0.6) is 0 Å². The van der Waals surface area contributed by atoms with Crippen molar-refractivity contribution in [3.8, 4) is 0 Å². The van der Waals surface area contributed by atoms with Crippen LogP contribution in [0.1, 0.15) is 20.3 Å². The molecule has 0 aliphatic rings. The van der Waals surface area contributed by atoms with Gasteiger partial charge in [-0.05, 0) is 26.0 Å². The number of fused-ring (bicyclic) bond motifs is 1. The Hall–Kier alpha value is -2.97. The van der Waals surface area contributed by atoms with Gasteiger partial charge in [-0.25, -0.2) is 4.98 Å². The van der Waals surface area contributed by atoms with Gasteiger partial charge in [0.25, 0.3) is 0 Å². The first-order valence-corrected chi connectivity index (χ1v) is 7.02. The van der Waals surface area contributed by atoms with Crippen molar-refractivity contribution >= 4 is 23.1 Å². The second-order valence-corrected chi connectivity index (χ2v) is 4.85. The second-order valence-electron chi connectivity index (χ2n) is 4.85. The van der Waals surface area contributed by atoms with E-state index < -0.39 is 28.2 Å². The van der Waals surface area contributed by atoms with Crippen LogP contribution in [0.3, 0.4) is 0 Å². The summed E-state index contributed by atoms with van der Waals surface area (Å²) in [5.74, 6) is -0.601. The van der Waals surface area contributed by atoms with Crippen LogP contribution in [-0.2, 0) is 9.53 Å². The van der Waals surface area contributed by atoms with E-state index >= 15 is 0 Å². The monoisotopic (exact) mass is 320 g/mol. The smallest absolute Gasteiger partial charge is 0.376 e. The number of carbonyl (C=O) groups excluding carboxylic acids is 1. The van der Waals surface area contributed by atoms with E-state index in [1.165, 1.54) is 6.20 Å². The molecule has 0 spiro atoms. The van der Waals surface area contributed by atoms with Gasteiger partial charge in [0.2, 0.25) is 5.82 Å². The number of rotatable bonds is 6. The van der Waals surface area contributed by atoms with E-state index in [4.69, 9.17) is 4.74 Å². The lowest BCUT2D eigenvalue weighted by Crippen LogP contribution is -2.26. The molecule has 0 aliphatic carbocycles. The standard InChI is InChI=1S/C14H16N4O5/c1-3-23-11(19)8-9(2)15-13-12(18(21)22)14(20)17-7-5-4-6-10(17)16-13/h4-7,9,15H,3,8H2,1-2H3. The molecular formula is C14H16N4O5. The van der Waals surface area contributed by atoms with Gasteiger partial charge < -0.3 is 10.1 Å². The number of hydrogen-bond donors (Lipinski definition) is 1. The van der Waals surface area contributed by atoms with E-state index in [2.05, 4.69) is 10.3 Å². The lowest BCUT2D eigenvalue weighted by molar-refractivity contribution is -0.385. The van der Waals surface area contributed by atoms with Gasteiger partial charge in [-0.1, -0.05) is 6.07 Å². The maximum atomic E-state index is 12.2. The fourth-order valence-electron chi connectivity index (χ4n) is 2.10. The Morgan fingerprint density at radius 1 is 1.52 bits per heavy atom. The fraction of sp³-hybridized carbons (Fsp3) is 0.357. The number of hydrogen-bond acceptors (Lipinski definition) is 7.